The number of hydrogen-bond acceptors (Lipinski definition) is 3. The van der Waals surface area contributed by atoms with E-state index in [1.54, 1.807) is 6.08 Å². The zero-order valence-corrected chi connectivity index (χ0v) is 17.9. The fraction of sp³-hybridized carbons (Fsp3) is 0.185. The van der Waals surface area contributed by atoms with Crippen molar-refractivity contribution in [1.82, 2.24) is 10.3 Å². The first-order valence-corrected chi connectivity index (χ1v) is 10.9. The first-order chi connectivity index (χ1) is 15.7. The maximum Gasteiger partial charge on any atom is 0.246 e. The summed E-state index contributed by atoms with van der Waals surface area (Å²) in [7, 11) is 0. The average Bonchev–Trinajstić information content (AvgIpc) is 2.87. The van der Waals surface area contributed by atoms with E-state index in [0.717, 1.165) is 16.9 Å². The molecule has 1 N–H and O–H groups in total. The van der Waals surface area contributed by atoms with Gasteiger partial charge < -0.3 is 4.90 Å². The summed E-state index contributed by atoms with van der Waals surface area (Å²) in [6.45, 7) is 1.15. The predicted molar refractivity (Wildman–Crippen MR) is 128 cm³/mol. The number of hydrogen-bond donors (Lipinski definition) is 1. The lowest BCUT2D eigenvalue weighted by molar-refractivity contribution is -0.132. The van der Waals surface area contributed by atoms with Crippen molar-refractivity contribution in [1.29, 1.82) is 0 Å². The van der Waals surface area contributed by atoms with Crippen LogP contribution < -0.4 is 10.4 Å². The Morgan fingerprint density at radius 3 is 1.81 bits per heavy atom. The number of likely N-dealkylation sites (tertiary alicyclic amines) is 1. The van der Waals surface area contributed by atoms with Crippen molar-refractivity contribution in [2.75, 3.05) is 18.1 Å². The maximum absolute atomic E-state index is 13.1. The van der Waals surface area contributed by atoms with Gasteiger partial charge in [-0.15, -0.1) is 0 Å². The molecule has 5 nitrogen and oxygen atoms in total. The Morgan fingerprint density at radius 2 is 1.28 bits per heavy atom. The Kier molecular flexibility index (Phi) is 6.98. The van der Waals surface area contributed by atoms with Gasteiger partial charge in [0.05, 0.1) is 11.4 Å². The summed E-state index contributed by atoms with van der Waals surface area (Å²) in [6, 6.07) is 29.3. The van der Waals surface area contributed by atoms with Gasteiger partial charge in [-0.3, -0.25) is 20.0 Å². The Morgan fingerprint density at radius 1 is 0.781 bits per heavy atom. The van der Waals surface area contributed by atoms with Crippen molar-refractivity contribution < 1.29 is 9.59 Å². The van der Waals surface area contributed by atoms with Gasteiger partial charge in [-0.2, -0.15) is 0 Å². The highest BCUT2D eigenvalue weighted by atomic mass is 16.2. The zero-order valence-electron chi connectivity index (χ0n) is 17.9. The minimum absolute atomic E-state index is 0.0112. The Hall–Kier alpha value is -3.86. The largest absolute Gasteiger partial charge is 0.339 e. The molecule has 1 fully saturated rings. The molecule has 32 heavy (non-hydrogen) atoms. The topological polar surface area (TPSA) is 52.7 Å². The normalized spacial score (nSPS) is 14.3. The summed E-state index contributed by atoms with van der Waals surface area (Å²) in [6.07, 6.45) is 4.74. The van der Waals surface area contributed by atoms with Crippen molar-refractivity contribution in [3.63, 3.8) is 0 Å². The van der Waals surface area contributed by atoms with Crippen LogP contribution >= 0.6 is 0 Å². The van der Waals surface area contributed by atoms with Crippen LogP contribution in [0.4, 0.5) is 11.4 Å². The SMILES string of the molecule is O=C(NN(c1ccccc1)c1ccccc1)C1CCN(C(=O)/C=C\c2ccccc2)CC1. The molecule has 0 radical (unpaired) electrons. The Balaban J connectivity index is 1.36. The van der Waals surface area contributed by atoms with Gasteiger partial charge in [0.1, 0.15) is 0 Å². The van der Waals surface area contributed by atoms with Crippen LogP contribution in [-0.2, 0) is 9.59 Å². The number of para-hydroxylation sites is 2. The number of carbonyl (C=O) groups is 2. The molecule has 5 heteroatoms. The lowest BCUT2D eigenvalue weighted by atomic mass is 9.96. The fourth-order valence-electron chi connectivity index (χ4n) is 3.83. The summed E-state index contributed by atoms with van der Waals surface area (Å²) >= 11 is 0. The smallest absolute Gasteiger partial charge is 0.246 e. The van der Waals surface area contributed by atoms with E-state index in [1.807, 2.05) is 107 Å². The van der Waals surface area contributed by atoms with Crippen molar-refractivity contribution in [2.45, 2.75) is 12.8 Å². The Labute approximate surface area is 188 Å². The third-order valence-electron chi connectivity index (χ3n) is 5.65. The van der Waals surface area contributed by atoms with Crippen molar-refractivity contribution in [3.05, 3.63) is 103 Å². The van der Waals surface area contributed by atoms with E-state index in [4.69, 9.17) is 0 Å². The molecule has 162 valence electrons. The molecule has 3 aromatic carbocycles. The van der Waals surface area contributed by atoms with Gasteiger partial charge in [-0.1, -0.05) is 66.7 Å². The van der Waals surface area contributed by atoms with E-state index in [2.05, 4.69) is 5.43 Å². The molecule has 0 saturated carbocycles. The number of nitrogens with one attached hydrogen (secondary N) is 1. The van der Waals surface area contributed by atoms with Gasteiger partial charge in [0.25, 0.3) is 0 Å². The molecule has 0 unspecified atom stereocenters. The molecule has 1 aliphatic rings. The maximum atomic E-state index is 13.1. The monoisotopic (exact) mass is 425 g/mol. The van der Waals surface area contributed by atoms with Crippen LogP contribution in [-0.4, -0.2) is 29.8 Å². The van der Waals surface area contributed by atoms with Crippen LogP contribution in [0.1, 0.15) is 18.4 Å². The lowest BCUT2D eigenvalue weighted by Crippen LogP contribution is -2.46. The second-order valence-electron chi connectivity index (χ2n) is 7.83. The average molecular weight is 426 g/mol. The summed E-state index contributed by atoms with van der Waals surface area (Å²) in [5, 5.41) is 1.82. The van der Waals surface area contributed by atoms with Gasteiger partial charge in [0.2, 0.25) is 11.8 Å². The van der Waals surface area contributed by atoms with E-state index >= 15 is 0 Å². The van der Waals surface area contributed by atoms with Crippen molar-refractivity contribution >= 4 is 29.3 Å². The zero-order chi connectivity index (χ0) is 22.2. The van der Waals surface area contributed by atoms with Crippen molar-refractivity contribution in [3.8, 4) is 0 Å². The molecule has 1 heterocycles. The number of nitrogens with zero attached hydrogens (tertiary/aromatic N) is 2. The second-order valence-corrected chi connectivity index (χ2v) is 7.83. The van der Waals surface area contributed by atoms with Gasteiger partial charge in [-0.25, -0.2) is 0 Å². The molecule has 0 spiro atoms. The number of piperidine rings is 1. The van der Waals surface area contributed by atoms with Crippen LogP contribution in [0.2, 0.25) is 0 Å². The molecule has 0 aliphatic carbocycles. The first-order valence-electron chi connectivity index (χ1n) is 10.9. The number of benzene rings is 3. The second kappa shape index (κ2) is 10.4. The Bertz CT molecular complexity index is 1000. The molecule has 1 saturated heterocycles. The van der Waals surface area contributed by atoms with Crippen LogP contribution in [0.15, 0.2) is 97.1 Å². The van der Waals surface area contributed by atoms with Crippen LogP contribution in [0.5, 0.6) is 0 Å². The lowest BCUT2D eigenvalue weighted by Gasteiger charge is -2.33. The van der Waals surface area contributed by atoms with Crippen molar-refractivity contribution in [2.24, 2.45) is 5.92 Å². The van der Waals surface area contributed by atoms with Gasteiger partial charge in [-0.05, 0) is 48.7 Å². The first kappa shape index (κ1) is 21.4. The fourth-order valence-corrected chi connectivity index (χ4v) is 3.83. The number of hydrazine groups is 1. The summed E-state index contributed by atoms with van der Waals surface area (Å²) in [5.41, 5.74) is 5.87. The highest BCUT2D eigenvalue weighted by molar-refractivity contribution is 5.92. The standard InChI is InChI=1S/C27H27N3O2/c31-26(17-16-22-10-4-1-5-11-22)29-20-18-23(19-21-29)27(32)28-30(24-12-6-2-7-13-24)25-14-8-3-9-15-25/h1-17,23H,18-21H2,(H,28,32)/b17-16-. The highest BCUT2D eigenvalue weighted by Gasteiger charge is 2.28. The van der Waals surface area contributed by atoms with Crippen LogP contribution in [0.3, 0.4) is 0 Å². The molecule has 4 rings (SSSR count). The van der Waals surface area contributed by atoms with Crippen LogP contribution in [0.25, 0.3) is 6.08 Å². The molecule has 0 aromatic heterocycles. The minimum atomic E-state index is -0.132. The summed E-state index contributed by atoms with van der Waals surface area (Å²) < 4.78 is 0. The van der Waals surface area contributed by atoms with E-state index < -0.39 is 0 Å². The summed E-state index contributed by atoms with van der Waals surface area (Å²) in [4.78, 5) is 27.4. The van der Waals surface area contributed by atoms with E-state index in [9.17, 15) is 9.59 Å². The third kappa shape index (κ3) is 5.43. The predicted octanol–water partition coefficient (Wildman–Crippen LogP) is 4.81. The van der Waals surface area contributed by atoms with Crippen LogP contribution in [0, 0.1) is 5.92 Å². The van der Waals surface area contributed by atoms with E-state index in [0.29, 0.717) is 25.9 Å². The van der Waals surface area contributed by atoms with Gasteiger partial charge in [0.15, 0.2) is 0 Å². The molecule has 1 aliphatic heterocycles. The van der Waals surface area contributed by atoms with Gasteiger partial charge in [0, 0.05) is 25.1 Å². The third-order valence-corrected chi connectivity index (χ3v) is 5.65. The molecular formula is C27H27N3O2. The number of carbonyl (C=O) groups excluding carboxylic acids is 2. The molecule has 0 atom stereocenters. The molecular weight excluding hydrogens is 398 g/mol. The van der Waals surface area contributed by atoms with Gasteiger partial charge >= 0.3 is 0 Å². The number of rotatable bonds is 6. The number of amides is 2. The molecule has 3 aromatic rings. The molecule has 2 amide bonds. The van der Waals surface area contributed by atoms with E-state index in [-0.39, 0.29) is 17.7 Å². The quantitative estimate of drug-likeness (QED) is 0.456. The van der Waals surface area contributed by atoms with E-state index in [1.165, 1.54) is 0 Å². The highest BCUT2D eigenvalue weighted by Crippen LogP contribution is 2.24. The molecule has 0 bridgehead atoms. The minimum Gasteiger partial charge on any atom is -0.339 e. The number of anilines is 2. The summed E-state index contributed by atoms with van der Waals surface area (Å²) in [5.74, 6) is -0.167.